The Hall–Kier alpha value is -0.950. The van der Waals surface area contributed by atoms with E-state index in [-0.39, 0.29) is 11.6 Å². The molecule has 0 fully saturated rings. The van der Waals surface area contributed by atoms with Crippen molar-refractivity contribution >= 4 is 10.1 Å². The summed E-state index contributed by atoms with van der Waals surface area (Å²) in [4.78, 5) is 3.70. The average molecular weight is 222 g/mol. The van der Waals surface area contributed by atoms with Gasteiger partial charge in [0.2, 0.25) is 0 Å². The van der Waals surface area contributed by atoms with Gasteiger partial charge < -0.3 is 0 Å². The third-order valence-corrected chi connectivity index (χ3v) is 2.81. The number of hydrogen-bond acceptors (Lipinski definition) is 5. The fourth-order valence-corrected chi connectivity index (χ4v) is 1.46. The summed E-state index contributed by atoms with van der Waals surface area (Å²) in [6, 6.07) is 0. The molecule has 80 valence electrons. The lowest BCUT2D eigenvalue weighted by Gasteiger charge is -2.07. The predicted octanol–water partition coefficient (Wildman–Crippen LogP) is 0.242. The topological polar surface area (TPSA) is 74.1 Å². The quantitative estimate of drug-likeness (QED) is 0.682. The van der Waals surface area contributed by atoms with Gasteiger partial charge in [0.25, 0.3) is 10.1 Å². The van der Waals surface area contributed by atoms with E-state index in [4.69, 9.17) is 8.30 Å². The fourth-order valence-electron chi connectivity index (χ4n) is 0.793. The first-order valence-corrected chi connectivity index (χ1v) is 5.56. The summed E-state index contributed by atoms with van der Waals surface area (Å²) in [5, 5.41) is 3.65. The Balaban J connectivity index is 2.85. The first kappa shape index (κ1) is 7.36. The van der Waals surface area contributed by atoms with E-state index in [2.05, 4.69) is 10.1 Å². The summed E-state index contributed by atoms with van der Waals surface area (Å²) < 4.78 is 49.0. The summed E-state index contributed by atoms with van der Waals surface area (Å²) >= 11 is 0. The van der Waals surface area contributed by atoms with Crippen LogP contribution in [0.3, 0.4) is 0 Å². The summed E-state index contributed by atoms with van der Waals surface area (Å²) in [5.74, 6) is -0.157. The van der Waals surface area contributed by atoms with Crippen molar-refractivity contribution in [1.29, 1.82) is 0 Å². The molecule has 0 aliphatic heterocycles. The molecule has 0 N–H and O–H groups in total. The first-order chi connectivity index (χ1) is 7.65. The zero-order valence-electron chi connectivity index (χ0n) is 10.8. The number of hydrogen-bond donors (Lipinski definition) is 0. The van der Waals surface area contributed by atoms with Gasteiger partial charge in [-0.25, -0.2) is 4.98 Å². The maximum atomic E-state index is 11.2. The predicted molar refractivity (Wildman–Crippen MR) is 50.0 cm³/mol. The zero-order chi connectivity index (χ0) is 13.3. The highest BCUT2D eigenvalue weighted by atomic mass is 32.2. The SMILES string of the molecule is [2H]C([2H])([2H])n1cnc(C(C)OS(=O)(=O)CC)n1. The molecule has 0 saturated carbocycles. The smallest absolute Gasteiger partial charge is 0.259 e. The standard InChI is InChI=1S/C7H13N3O3S/c1-4-14(11,12)13-6(2)7-8-5-10(3)9-7/h5-6H,4H2,1-3H3/i3D3. The van der Waals surface area contributed by atoms with Gasteiger partial charge in [-0.2, -0.15) is 13.5 Å². The zero-order valence-corrected chi connectivity index (χ0v) is 8.65. The van der Waals surface area contributed by atoms with Crippen molar-refractivity contribution in [1.82, 2.24) is 14.8 Å². The Labute approximate surface area is 87.2 Å². The molecule has 1 aromatic rings. The van der Waals surface area contributed by atoms with E-state index in [1.165, 1.54) is 13.8 Å². The van der Waals surface area contributed by atoms with E-state index in [1.54, 1.807) is 0 Å². The third kappa shape index (κ3) is 2.78. The van der Waals surface area contributed by atoms with Crippen LogP contribution in [0.25, 0.3) is 0 Å². The minimum Gasteiger partial charge on any atom is -0.259 e. The molecule has 1 aromatic heterocycles. The second-order valence-electron chi connectivity index (χ2n) is 2.63. The Morgan fingerprint density at radius 2 is 2.50 bits per heavy atom. The second kappa shape index (κ2) is 4.05. The van der Waals surface area contributed by atoms with Crippen LogP contribution in [0.1, 0.15) is 29.9 Å². The first-order valence-electron chi connectivity index (χ1n) is 5.48. The summed E-state index contributed by atoms with van der Waals surface area (Å²) in [7, 11) is -3.62. The van der Waals surface area contributed by atoms with Crippen molar-refractivity contribution in [2.75, 3.05) is 5.75 Å². The largest absolute Gasteiger partial charge is 0.267 e. The molecule has 0 bridgehead atoms. The molecule has 1 unspecified atom stereocenters. The molecule has 1 atom stereocenters. The highest BCUT2D eigenvalue weighted by Crippen LogP contribution is 2.14. The normalized spacial score (nSPS) is 18.3. The molecule has 0 radical (unpaired) electrons. The van der Waals surface area contributed by atoms with Gasteiger partial charge in [-0.1, -0.05) is 0 Å². The van der Waals surface area contributed by atoms with Gasteiger partial charge in [0.05, 0.1) is 5.75 Å². The molecule has 7 heteroatoms. The molecule has 0 spiro atoms. The summed E-state index contributed by atoms with van der Waals surface area (Å²) in [6.07, 6.45) is 0.101. The van der Waals surface area contributed by atoms with E-state index >= 15 is 0 Å². The Kier molecular flexibility index (Phi) is 2.13. The van der Waals surface area contributed by atoms with E-state index in [9.17, 15) is 8.42 Å². The monoisotopic (exact) mass is 222 g/mol. The summed E-state index contributed by atoms with van der Waals surface area (Å²) in [6.45, 7) is 0.442. The molecule has 0 aromatic carbocycles. The average Bonchev–Trinajstić information content (AvgIpc) is 2.65. The van der Waals surface area contributed by atoms with Crippen LogP contribution < -0.4 is 0 Å². The lowest BCUT2D eigenvalue weighted by molar-refractivity contribution is 0.224. The third-order valence-electron chi connectivity index (χ3n) is 1.52. The maximum Gasteiger partial charge on any atom is 0.267 e. The van der Waals surface area contributed by atoms with Crippen molar-refractivity contribution in [3.05, 3.63) is 12.2 Å². The lowest BCUT2D eigenvalue weighted by Crippen LogP contribution is -2.12. The van der Waals surface area contributed by atoms with Crippen molar-refractivity contribution in [2.45, 2.75) is 20.0 Å². The highest BCUT2D eigenvalue weighted by Gasteiger charge is 2.18. The van der Waals surface area contributed by atoms with Gasteiger partial charge in [-0.05, 0) is 13.8 Å². The number of aryl methyl sites for hydroxylation is 1. The Bertz CT molecular complexity index is 482. The van der Waals surface area contributed by atoms with Crippen LogP contribution in [0, 0.1) is 0 Å². The van der Waals surface area contributed by atoms with E-state index in [1.807, 2.05) is 0 Å². The molecule has 0 aliphatic rings. The van der Waals surface area contributed by atoms with Gasteiger partial charge in [-0.15, -0.1) is 0 Å². The fraction of sp³-hybridized carbons (Fsp3) is 0.714. The number of nitrogens with zero attached hydrogens (tertiary/aromatic N) is 3. The van der Waals surface area contributed by atoms with Crippen molar-refractivity contribution in [3.8, 4) is 0 Å². The van der Waals surface area contributed by atoms with Crippen LogP contribution in [-0.4, -0.2) is 28.9 Å². The van der Waals surface area contributed by atoms with Crippen molar-refractivity contribution in [2.24, 2.45) is 6.98 Å². The van der Waals surface area contributed by atoms with Crippen LogP contribution >= 0.6 is 0 Å². The van der Waals surface area contributed by atoms with Gasteiger partial charge >= 0.3 is 0 Å². The molecular formula is C7H13N3O3S. The van der Waals surface area contributed by atoms with Crippen LogP contribution in [0.5, 0.6) is 0 Å². The molecule has 0 aliphatic carbocycles. The van der Waals surface area contributed by atoms with E-state index in [0.29, 0.717) is 4.68 Å². The maximum absolute atomic E-state index is 11.2. The van der Waals surface area contributed by atoms with Crippen molar-refractivity contribution in [3.63, 3.8) is 0 Å². The van der Waals surface area contributed by atoms with Gasteiger partial charge in [0, 0.05) is 11.1 Å². The van der Waals surface area contributed by atoms with Gasteiger partial charge in [0.1, 0.15) is 12.4 Å². The minimum atomic E-state index is -3.62. The van der Waals surface area contributed by atoms with Gasteiger partial charge in [0.15, 0.2) is 5.82 Å². The van der Waals surface area contributed by atoms with E-state index < -0.39 is 23.2 Å². The molecule has 0 amide bonds. The molecular weight excluding hydrogens is 206 g/mol. The molecule has 6 nitrogen and oxygen atoms in total. The number of aromatic nitrogens is 3. The number of rotatable bonds is 4. The summed E-state index contributed by atoms with van der Waals surface area (Å²) in [5.41, 5.74) is 0. The lowest BCUT2D eigenvalue weighted by atomic mass is 10.4. The Morgan fingerprint density at radius 3 is 3.00 bits per heavy atom. The molecule has 14 heavy (non-hydrogen) atoms. The van der Waals surface area contributed by atoms with Crippen LogP contribution in [0.4, 0.5) is 0 Å². The molecule has 1 rings (SSSR count). The van der Waals surface area contributed by atoms with Crippen LogP contribution in [-0.2, 0) is 21.3 Å². The highest BCUT2D eigenvalue weighted by molar-refractivity contribution is 7.86. The van der Waals surface area contributed by atoms with Crippen LogP contribution in [0.15, 0.2) is 6.33 Å². The van der Waals surface area contributed by atoms with Crippen LogP contribution in [0.2, 0.25) is 0 Å². The van der Waals surface area contributed by atoms with E-state index in [0.717, 1.165) is 6.33 Å². The second-order valence-corrected chi connectivity index (χ2v) is 4.52. The molecule has 1 heterocycles. The minimum absolute atomic E-state index is 0.0122. The van der Waals surface area contributed by atoms with Gasteiger partial charge in [-0.3, -0.25) is 8.86 Å². The van der Waals surface area contributed by atoms with Crippen molar-refractivity contribution < 1.29 is 16.7 Å². The Morgan fingerprint density at radius 1 is 1.79 bits per heavy atom. The molecule has 0 saturated heterocycles.